The highest BCUT2D eigenvalue weighted by atomic mass is 32.1. The summed E-state index contributed by atoms with van der Waals surface area (Å²) < 4.78 is 61.2. The number of rotatable bonds is 8. The van der Waals surface area contributed by atoms with E-state index < -0.39 is 40.9 Å². The molecule has 5 rings (SSSR count). The van der Waals surface area contributed by atoms with Crippen LogP contribution in [0.1, 0.15) is 34.6 Å². The summed E-state index contributed by atoms with van der Waals surface area (Å²) in [5.74, 6) is -5.65. The first-order valence-electron chi connectivity index (χ1n) is 12.0. The molecule has 0 bridgehead atoms. The van der Waals surface area contributed by atoms with Gasteiger partial charge in [0.25, 0.3) is 0 Å². The number of nitrogens with one attached hydrogen (secondary N) is 2. The van der Waals surface area contributed by atoms with Crippen molar-refractivity contribution in [2.75, 3.05) is 25.0 Å². The van der Waals surface area contributed by atoms with Gasteiger partial charge < -0.3 is 15.0 Å². The Morgan fingerprint density at radius 2 is 1.89 bits per heavy atom. The molecule has 37 heavy (non-hydrogen) atoms. The van der Waals surface area contributed by atoms with Gasteiger partial charge in [0, 0.05) is 36.1 Å². The molecule has 1 saturated carbocycles. The zero-order valence-electron chi connectivity index (χ0n) is 19.9. The number of ether oxygens (including phenoxy) is 1. The monoisotopic (exact) mass is 533 g/mol. The Morgan fingerprint density at radius 3 is 2.57 bits per heavy atom. The highest BCUT2D eigenvalue weighted by Gasteiger charge is 2.69. The maximum Gasteiger partial charge on any atom is 0.334 e. The number of benzene rings is 2. The molecule has 10 heteroatoms. The molecule has 194 valence electrons. The molecule has 3 aromatic rings. The Labute approximate surface area is 215 Å². The van der Waals surface area contributed by atoms with Crippen molar-refractivity contribution in [3.05, 3.63) is 87.6 Å². The van der Waals surface area contributed by atoms with Crippen LogP contribution in [0, 0.1) is 35.1 Å². The van der Waals surface area contributed by atoms with Crippen LogP contribution in [0.25, 0.3) is 0 Å². The minimum Gasteiger partial charge on any atom is -0.451 e. The SMILES string of the molecule is CC1C2CC[NH+](CC(=O)c3cccs3)C[C@]12OC(=O)C(Nc1cc(F)c(F)c(F)c1)c1cccc(F)c1. The maximum absolute atomic E-state index is 14.0. The normalized spacial score (nSPS) is 25.2. The number of carbonyl (C=O) groups excluding carboxylic acids is 2. The summed E-state index contributed by atoms with van der Waals surface area (Å²) in [7, 11) is 0. The van der Waals surface area contributed by atoms with Crippen LogP contribution in [0.5, 0.6) is 0 Å². The van der Waals surface area contributed by atoms with E-state index in [4.69, 9.17) is 4.74 Å². The largest absolute Gasteiger partial charge is 0.451 e. The van der Waals surface area contributed by atoms with Crippen molar-refractivity contribution >= 4 is 28.8 Å². The van der Waals surface area contributed by atoms with Gasteiger partial charge in [-0.25, -0.2) is 22.4 Å². The number of anilines is 1. The quantitative estimate of drug-likeness (QED) is 0.198. The van der Waals surface area contributed by atoms with Crippen LogP contribution in [-0.2, 0) is 9.53 Å². The second-order valence-electron chi connectivity index (χ2n) is 9.70. The fraction of sp³-hybridized carbons (Fsp3) is 0.333. The molecule has 1 aromatic heterocycles. The van der Waals surface area contributed by atoms with E-state index in [-0.39, 0.29) is 35.4 Å². The molecule has 2 aromatic carbocycles. The summed E-state index contributed by atoms with van der Waals surface area (Å²) >= 11 is 1.38. The summed E-state index contributed by atoms with van der Waals surface area (Å²) in [6, 6.07) is 8.97. The molecule has 1 aliphatic carbocycles. The van der Waals surface area contributed by atoms with Gasteiger partial charge in [0.1, 0.15) is 18.9 Å². The Balaban J connectivity index is 1.37. The van der Waals surface area contributed by atoms with E-state index in [2.05, 4.69) is 5.32 Å². The standard InChI is InChI=1S/C27H24F4N2O3S/c1-15-19-7-8-33(13-22(34)23-6-3-9-37-23)14-27(15,19)36-26(35)25(16-4-2-5-17(28)10-16)32-18-11-20(29)24(31)21(30)12-18/h2-6,9-12,15,19,25,32H,7-8,13-14H2,1H3/p+1/t15?,19?,25?,27-/m0/s1. The molecule has 1 aliphatic heterocycles. The van der Waals surface area contributed by atoms with E-state index in [0.29, 0.717) is 11.4 Å². The van der Waals surface area contributed by atoms with E-state index in [1.165, 1.54) is 29.5 Å². The molecule has 2 fully saturated rings. The zero-order valence-corrected chi connectivity index (χ0v) is 20.7. The van der Waals surface area contributed by atoms with Gasteiger partial charge in [-0.2, -0.15) is 0 Å². The van der Waals surface area contributed by atoms with Gasteiger partial charge in [-0.1, -0.05) is 25.1 Å². The summed E-state index contributed by atoms with van der Waals surface area (Å²) in [6.45, 7) is 3.47. The Morgan fingerprint density at radius 1 is 1.14 bits per heavy atom. The Bertz CT molecular complexity index is 1310. The van der Waals surface area contributed by atoms with Gasteiger partial charge in [0.05, 0.1) is 11.4 Å². The Hall–Kier alpha value is -3.24. The molecule has 0 spiro atoms. The van der Waals surface area contributed by atoms with Gasteiger partial charge in [0.15, 0.2) is 29.1 Å². The number of quaternary nitrogens is 1. The van der Waals surface area contributed by atoms with Crippen molar-refractivity contribution in [2.24, 2.45) is 11.8 Å². The lowest BCUT2D eigenvalue weighted by molar-refractivity contribution is -0.900. The molecular weight excluding hydrogens is 508 g/mol. The van der Waals surface area contributed by atoms with Gasteiger partial charge >= 0.3 is 5.97 Å². The lowest BCUT2D eigenvalue weighted by Crippen LogP contribution is -3.15. The van der Waals surface area contributed by atoms with E-state index in [9.17, 15) is 27.2 Å². The summed E-state index contributed by atoms with van der Waals surface area (Å²) in [5, 5.41) is 4.53. The zero-order chi connectivity index (χ0) is 26.3. The van der Waals surface area contributed by atoms with Gasteiger partial charge in [-0.05, 0) is 29.1 Å². The molecule has 5 nitrogen and oxygen atoms in total. The van der Waals surface area contributed by atoms with Crippen LogP contribution in [0.15, 0.2) is 53.9 Å². The lowest BCUT2D eigenvalue weighted by Gasteiger charge is -2.31. The molecule has 0 radical (unpaired) electrons. The Kier molecular flexibility index (Phi) is 6.80. The van der Waals surface area contributed by atoms with Gasteiger partial charge in [-0.15, -0.1) is 11.3 Å². The second kappa shape index (κ2) is 9.90. The lowest BCUT2D eigenvalue weighted by atomic mass is 10.0. The number of piperidine rings is 1. The van der Waals surface area contributed by atoms with Crippen LogP contribution < -0.4 is 10.2 Å². The fourth-order valence-electron chi connectivity index (χ4n) is 5.44. The van der Waals surface area contributed by atoms with Crippen LogP contribution in [0.3, 0.4) is 0 Å². The van der Waals surface area contributed by atoms with Crippen molar-refractivity contribution in [1.29, 1.82) is 0 Å². The molecule has 5 atom stereocenters. The van der Waals surface area contributed by atoms with Crippen molar-refractivity contribution in [1.82, 2.24) is 0 Å². The fourth-order valence-corrected chi connectivity index (χ4v) is 6.11. The third-order valence-electron chi connectivity index (χ3n) is 7.44. The number of ketones is 1. The van der Waals surface area contributed by atoms with Crippen molar-refractivity contribution in [3.8, 4) is 0 Å². The number of hydrogen-bond acceptors (Lipinski definition) is 5. The average molecular weight is 534 g/mol. The summed E-state index contributed by atoms with van der Waals surface area (Å²) in [5.41, 5.74) is -0.810. The highest BCUT2D eigenvalue weighted by molar-refractivity contribution is 7.12. The number of Topliss-reactive ketones (excluding diaryl/α,β-unsaturated/α-hetero) is 1. The minimum absolute atomic E-state index is 0.0258. The van der Waals surface area contributed by atoms with Crippen LogP contribution in [-0.4, -0.2) is 37.0 Å². The number of hydrogen-bond donors (Lipinski definition) is 2. The highest BCUT2D eigenvalue weighted by Crippen LogP contribution is 2.56. The summed E-state index contributed by atoms with van der Waals surface area (Å²) in [6.07, 6.45) is 0.772. The third-order valence-corrected chi connectivity index (χ3v) is 8.35. The van der Waals surface area contributed by atoms with Crippen LogP contribution in [0.4, 0.5) is 23.2 Å². The first-order chi connectivity index (χ1) is 17.7. The number of thiophene rings is 1. The molecule has 1 saturated heterocycles. The van der Waals surface area contributed by atoms with Crippen molar-refractivity contribution in [2.45, 2.75) is 25.0 Å². The van der Waals surface area contributed by atoms with E-state index >= 15 is 0 Å². The maximum atomic E-state index is 14.0. The first kappa shape index (κ1) is 25.4. The topological polar surface area (TPSA) is 59.8 Å². The predicted molar refractivity (Wildman–Crippen MR) is 129 cm³/mol. The molecule has 2 heterocycles. The third kappa shape index (κ3) is 5.00. The van der Waals surface area contributed by atoms with E-state index in [1.807, 2.05) is 18.4 Å². The molecule has 2 N–H and O–H groups in total. The van der Waals surface area contributed by atoms with Crippen LogP contribution >= 0.6 is 11.3 Å². The number of halogens is 4. The van der Waals surface area contributed by atoms with E-state index in [1.54, 1.807) is 6.07 Å². The molecule has 2 aliphatic rings. The predicted octanol–water partition coefficient (Wildman–Crippen LogP) is 4.18. The second-order valence-corrected chi connectivity index (χ2v) is 10.6. The van der Waals surface area contributed by atoms with Gasteiger partial charge in [-0.3, -0.25) is 4.79 Å². The van der Waals surface area contributed by atoms with Gasteiger partial charge in [0.2, 0.25) is 5.78 Å². The summed E-state index contributed by atoms with van der Waals surface area (Å²) in [4.78, 5) is 27.9. The number of carbonyl (C=O) groups is 2. The molecule has 4 unspecified atom stereocenters. The molecule has 0 amide bonds. The minimum atomic E-state index is -1.63. The number of esters is 1. The number of likely N-dealkylation sites (tertiary alicyclic amines) is 1. The molecular formula is C27H25F4N2O3S+. The smallest absolute Gasteiger partial charge is 0.334 e. The first-order valence-corrected chi connectivity index (χ1v) is 12.9. The van der Waals surface area contributed by atoms with E-state index in [0.717, 1.165) is 36.1 Å². The van der Waals surface area contributed by atoms with Crippen molar-refractivity contribution < 1.29 is 36.8 Å². The van der Waals surface area contributed by atoms with Crippen molar-refractivity contribution in [3.63, 3.8) is 0 Å². The van der Waals surface area contributed by atoms with Crippen LogP contribution in [0.2, 0.25) is 0 Å². The average Bonchev–Trinajstić information content (AvgIpc) is 3.20. The number of fused-ring (bicyclic) bond motifs is 1.